The predicted molar refractivity (Wildman–Crippen MR) is 91.4 cm³/mol. The fourth-order valence-corrected chi connectivity index (χ4v) is 5.20. The quantitative estimate of drug-likeness (QED) is 0.311. The van der Waals surface area contributed by atoms with Gasteiger partial charge in [0, 0.05) is 12.7 Å². The van der Waals surface area contributed by atoms with Gasteiger partial charge in [0.25, 0.3) is 0 Å². The predicted octanol–water partition coefficient (Wildman–Crippen LogP) is 5.91. The van der Waals surface area contributed by atoms with Crippen molar-refractivity contribution in [2.24, 2.45) is 5.92 Å². The van der Waals surface area contributed by atoms with Crippen LogP contribution >= 0.6 is 0 Å². The second-order valence-corrected chi connectivity index (χ2v) is 10.1. The SMILES string of the molecule is CCCCC(CC)O[Si](CC)(CC)OCCCC(C)C. The van der Waals surface area contributed by atoms with E-state index < -0.39 is 8.56 Å². The molecule has 122 valence electrons. The molecule has 20 heavy (non-hydrogen) atoms. The summed E-state index contributed by atoms with van der Waals surface area (Å²) >= 11 is 0. The molecule has 0 spiro atoms. The van der Waals surface area contributed by atoms with Crippen molar-refractivity contribution < 1.29 is 8.85 Å². The number of unbranched alkanes of at least 4 members (excludes halogenated alkanes) is 1. The largest absolute Gasteiger partial charge is 0.394 e. The second-order valence-electron chi connectivity index (χ2n) is 6.29. The molecule has 0 N–H and O–H groups in total. The number of hydrogen-bond donors (Lipinski definition) is 0. The van der Waals surface area contributed by atoms with E-state index in [0.29, 0.717) is 6.10 Å². The van der Waals surface area contributed by atoms with Gasteiger partial charge < -0.3 is 8.85 Å². The highest BCUT2D eigenvalue weighted by atomic mass is 28.4. The third kappa shape index (κ3) is 8.43. The topological polar surface area (TPSA) is 18.5 Å². The first-order valence-electron chi connectivity index (χ1n) is 8.85. The molecule has 0 fully saturated rings. The highest BCUT2D eigenvalue weighted by molar-refractivity contribution is 6.67. The molecule has 0 radical (unpaired) electrons. The first-order valence-corrected chi connectivity index (χ1v) is 11.1. The molecule has 0 heterocycles. The Morgan fingerprint density at radius 3 is 2.00 bits per heavy atom. The van der Waals surface area contributed by atoms with Crippen LogP contribution in [0.4, 0.5) is 0 Å². The van der Waals surface area contributed by atoms with Crippen LogP contribution in [0.5, 0.6) is 0 Å². The Bertz CT molecular complexity index is 215. The maximum Gasteiger partial charge on any atom is 0.337 e. The molecule has 0 saturated carbocycles. The van der Waals surface area contributed by atoms with Crippen molar-refractivity contribution in [3.8, 4) is 0 Å². The maximum absolute atomic E-state index is 6.51. The molecule has 0 aliphatic heterocycles. The molecule has 0 aromatic rings. The third-order valence-electron chi connectivity index (χ3n) is 4.08. The molecule has 1 atom stereocenters. The van der Waals surface area contributed by atoms with Crippen molar-refractivity contribution >= 4 is 8.56 Å². The molecule has 0 aliphatic carbocycles. The number of rotatable bonds is 13. The van der Waals surface area contributed by atoms with Gasteiger partial charge in [-0.05, 0) is 43.7 Å². The van der Waals surface area contributed by atoms with Crippen molar-refractivity contribution in [3.63, 3.8) is 0 Å². The van der Waals surface area contributed by atoms with Crippen LogP contribution in [0.25, 0.3) is 0 Å². The van der Waals surface area contributed by atoms with Crippen LogP contribution in [0, 0.1) is 5.92 Å². The van der Waals surface area contributed by atoms with E-state index in [2.05, 4.69) is 41.5 Å². The smallest absolute Gasteiger partial charge is 0.337 e. The fourth-order valence-electron chi connectivity index (χ4n) is 2.49. The lowest BCUT2D eigenvalue weighted by Crippen LogP contribution is -2.44. The van der Waals surface area contributed by atoms with Crippen LogP contribution in [-0.4, -0.2) is 21.3 Å². The average Bonchev–Trinajstić information content (AvgIpc) is 2.46. The van der Waals surface area contributed by atoms with E-state index in [-0.39, 0.29) is 0 Å². The number of hydrogen-bond acceptors (Lipinski definition) is 2. The first-order chi connectivity index (χ1) is 9.53. The van der Waals surface area contributed by atoms with Crippen molar-refractivity contribution in [2.45, 2.75) is 98.3 Å². The minimum absolute atomic E-state index is 0.409. The van der Waals surface area contributed by atoms with Gasteiger partial charge in [-0.25, -0.2) is 0 Å². The Morgan fingerprint density at radius 2 is 1.55 bits per heavy atom. The van der Waals surface area contributed by atoms with Gasteiger partial charge in [0.05, 0.1) is 0 Å². The van der Waals surface area contributed by atoms with E-state index in [1.807, 2.05) is 0 Å². The minimum Gasteiger partial charge on any atom is -0.394 e. The fraction of sp³-hybridized carbons (Fsp3) is 1.00. The Labute approximate surface area is 128 Å². The zero-order valence-corrected chi connectivity index (χ0v) is 15.8. The summed E-state index contributed by atoms with van der Waals surface area (Å²) in [5, 5.41) is 0. The van der Waals surface area contributed by atoms with E-state index in [4.69, 9.17) is 8.85 Å². The molecule has 0 rings (SSSR count). The molecule has 1 unspecified atom stereocenters. The lowest BCUT2D eigenvalue weighted by atomic mass is 10.1. The van der Waals surface area contributed by atoms with Gasteiger partial charge in [-0.15, -0.1) is 0 Å². The molecule has 3 heteroatoms. The van der Waals surface area contributed by atoms with E-state index in [9.17, 15) is 0 Å². The Hall–Kier alpha value is 0.137. The van der Waals surface area contributed by atoms with Crippen LogP contribution in [0.2, 0.25) is 12.1 Å². The van der Waals surface area contributed by atoms with Crippen molar-refractivity contribution in [2.75, 3.05) is 6.61 Å². The van der Waals surface area contributed by atoms with Crippen molar-refractivity contribution in [1.29, 1.82) is 0 Å². The summed E-state index contributed by atoms with van der Waals surface area (Å²) < 4.78 is 12.8. The summed E-state index contributed by atoms with van der Waals surface area (Å²) in [5.74, 6) is 0.770. The van der Waals surface area contributed by atoms with Gasteiger partial charge in [0.2, 0.25) is 0 Å². The molecular formula is C17H38O2Si. The van der Waals surface area contributed by atoms with Gasteiger partial charge in [0.1, 0.15) is 0 Å². The summed E-state index contributed by atoms with van der Waals surface area (Å²) in [6, 6.07) is 2.15. The van der Waals surface area contributed by atoms with E-state index >= 15 is 0 Å². The molecule has 0 saturated heterocycles. The van der Waals surface area contributed by atoms with Gasteiger partial charge >= 0.3 is 8.56 Å². The van der Waals surface area contributed by atoms with E-state index in [0.717, 1.165) is 31.0 Å². The van der Waals surface area contributed by atoms with Gasteiger partial charge in [-0.1, -0.05) is 54.4 Å². The van der Waals surface area contributed by atoms with Crippen molar-refractivity contribution in [1.82, 2.24) is 0 Å². The average molecular weight is 303 g/mol. The molecule has 0 aliphatic rings. The Balaban J connectivity index is 4.33. The monoisotopic (exact) mass is 302 g/mol. The maximum atomic E-state index is 6.51. The van der Waals surface area contributed by atoms with Gasteiger partial charge in [-0.2, -0.15) is 0 Å². The van der Waals surface area contributed by atoms with E-state index in [1.54, 1.807) is 0 Å². The molecule has 2 nitrogen and oxygen atoms in total. The summed E-state index contributed by atoms with van der Waals surface area (Å²) in [4.78, 5) is 0. The van der Waals surface area contributed by atoms with Gasteiger partial charge in [0.15, 0.2) is 0 Å². The van der Waals surface area contributed by atoms with Crippen LogP contribution in [-0.2, 0) is 8.85 Å². The zero-order valence-electron chi connectivity index (χ0n) is 14.8. The lowest BCUT2D eigenvalue weighted by Gasteiger charge is -2.33. The van der Waals surface area contributed by atoms with Crippen LogP contribution in [0.3, 0.4) is 0 Å². The minimum atomic E-state index is -1.95. The molecule has 0 aromatic carbocycles. The van der Waals surface area contributed by atoms with Crippen LogP contribution in [0.1, 0.15) is 80.1 Å². The highest BCUT2D eigenvalue weighted by Crippen LogP contribution is 2.24. The molecular weight excluding hydrogens is 264 g/mol. The zero-order chi connectivity index (χ0) is 15.4. The lowest BCUT2D eigenvalue weighted by molar-refractivity contribution is 0.100. The van der Waals surface area contributed by atoms with E-state index in [1.165, 1.54) is 32.1 Å². The summed E-state index contributed by atoms with van der Waals surface area (Å²) in [5.41, 5.74) is 0. The van der Waals surface area contributed by atoms with Crippen molar-refractivity contribution in [3.05, 3.63) is 0 Å². The van der Waals surface area contributed by atoms with Crippen LogP contribution in [0.15, 0.2) is 0 Å². The summed E-state index contributed by atoms with van der Waals surface area (Å²) in [7, 11) is -1.95. The van der Waals surface area contributed by atoms with Gasteiger partial charge in [-0.3, -0.25) is 0 Å². The summed E-state index contributed by atoms with van der Waals surface area (Å²) in [6.07, 6.45) is 7.66. The molecule has 0 amide bonds. The standard InChI is InChI=1S/C17H38O2Si/c1-7-11-14-17(8-2)19-20(9-3,10-4)18-15-12-13-16(5)6/h16-17H,7-15H2,1-6H3. The second kappa shape index (κ2) is 11.8. The van der Waals surface area contributed by atoms with Crippen LogP contribution < -0.4 is 0 Å². The molecule has 0 bridgehead atoms. The Kier molecular flexibility index (Phi) is 11.8. The Morgan fingerprint density at radius 1 is 0.900 bits per heavy atom. The summed E-state index contributed by atoms with van der Waals surface area (Å²) in [6.45, 7) is 14.4. The molecule has 0 aromatic heterocycles. The third-order valence-corrected chi connectivity index (χ3v) is 7.73. The normalized spacial score (nSPS) is 13.9. The first kappa shape index (κ1) is 20.1. The highest BCUT2D eigenvalue weighted by Gasteiger charge is 2.35.